The zero-order valence-corrected chi connectivity index (χ0v) is 20.0. The van der Waals surface area contributed by atoms with E-state index in [1.54, 1.807) is 26.0 Å². The molecular weight excluding hydrogens is 448 g/mol. The third kappa shape index (κ3) is 4.29. The minimum absolute atomic E-state index is 0.168. The summed E-state index contributed by atoms with van der Waals surface area (Å²) < 4.78 is 57.2. The Bertz CT molecular complexity index is 1360. The standard InChI is InChI=1S/C23H28N2O5S2/c1-15-11-22(16(2)10-21(15)30-3)32(28,29)23-14-31(26,27)13-20(23)24-9-8-17-12-25-19-7-5-4-6-18(17)19/h4-7,10-12,20,23-25H,8-9,13-14H2,1-3H3/t20-,23-/m0/s1. The Morgan fingerprint density at radius 3 is 2.62 bits per heavy atom. The van der Waals surface area contributed by atoms with Crippen molar-refractivity contribution >= 4 is 30.6 Å². The maximum Gasteiger partial charge on any atom is 0.184 e. The van der Waals surface area contributed by atoms with Crippen molar-refractivity contribution in [2.24, 2.45) is 0 Å². The average molecular weight is 477 g/mol. The Balaban J connectivity index is 1.56. The van der Waals surface area contributed by atoms with Crippen LogP contribution in [0.3, 0.4) is 0 Å². The van der Waals surface area contributed by atoms with Crippen molar-refractivity contribution in [3.63, 3.8) is 0 Å². The zero-order chi connectivity index (χ0) is 23.1. The monoisotopic (exact) mass is 476 g/mol. The molecule has 0 amide bonds. The summed E-state index contributed by atoms with van der Waals surface area (Å²) >= 11 is 0. The van der Waals surface area contributed by atoms with E-state index in [2.05, 4.69) is 10.3 Å². The van der Waals surface area contributed by atoms with E-state index in [0.717, 1.165) is 16.5 Å². The Morgan fingerprint density at radius 2 is 1.88 bits per heavy atom. The lowest BCUT2D eigenvalue weighted by Crippen LogP contribution is -2.44. The molecule has 0 aliphatic carbocycles. The van der Waals surface area contributed by atoms with Crippen LogP contribution in [0.25, 0.3) is 10.9 Å². The van der Waals surface area contributed by atoms with E-state index in [1.807, 2.05) is 30.5 Å². The van der Waals surface area contributed by atoms with Gasteiger partial charge in [-0.3, -0.25) is 0 Å². The number of aromatic nitrogens is 1. The van der Waals surface area contributed by atoms with Crippen LogP contribution >= 0.6 is 0 Å². The first kappa shape index (κ1) is 22.8. The summed E-state index contributed by atoms with van der Waals surface area (Å²) in [6.45, 7) is 3.96. The molecule has 0 spiro atoms. The van der Waals surface area contributed by atoms with Gasteiger partial charge in [0.1, 0.15) is 5.75 Å². The Labute approximate surface area is 189 Å². The fourth-order valence-corrected chi connectivity index (χ4v) is 9.52. The quantitative estimate of drug-likeness (QED) is 0.543. The Hall–Kier alpha value is -2.36. The molecule has 0 unspecified atom stereocenters. The van der Waals surface area contributed by atoms with Gasteiger partial charge in [0.2, 0.25) is 0 Å². The van der Waals surface area contributed by atoms with E-state index in [0.29, 0.717) is 29.8 Å². The molecule has 2 N–H and O–H groups in total. The highest BCUT2D eigenvalue weighted by atomic mass is 32.2. The van der Waals surface area contributed by atoms with Crippen molar-refractivity contribution in [3.8, 4) is 5.75 Å². The van der Waals surface area contributed by atoms with Crippen LogP contribution in [0, 0.1) is 13.8 Å². The van der Waals surface area contributed by atoms with Crippen molar-refractivity contribution < 1.29 is 21.6 Å². The van der Waals surface area contributed by atoms with Gasteiger partial charge in [0.15, 0.2) is 19.7 Å². The molecular formula is C23H28N2O5S2. The largest absolute Gasteiger partial charge is 0.496 e. The summed E-state index contributed by atoms with van der Waals surface area (Å²) in [4.78, 5) is 3.39. The topological polar surface area (TPSA) is 105 Å². The third-order valence-corrected chi connectivity index (χ3v) is 10.5. The summed E-state index contributed by atoms with van der Waals surface area (Å²) in [7, 11) is -5.79. The van der Waals surface area contributed by atoms with E-state index in [9.17, 15) is 16.8 Å². The smallest absolute Gasteiger partial charge is 0.184 e. The van der Waals surface area contributed by atoms with E-state index >= 15 is 0 Å². The second-order valence-corrected chi connectivity index (χ2v) is 12.7. The molecule has 4 rings (SSSR count). The van der Waals surface area contributed by atoms with Crippen LogP contribution in [0.1, 0.15) is 16.7 Å². The van der Waals surface area contributed by atoms with Crippen LogP contribution in [0.2, 0.25) is 0 Å². The number of hydrogen-bond acceptors (Lipinski definition) is 6. The van der Waals surface area contributed by atoms with Gasteiger partial charge in [-0.1, -0.05) is 18.2 Å². The number of para-hydroxylation sites is 1. The maximum atomic E-state index is 13.5. The van der Waals surface area contributed by atoms with Gasteiger partial charge in [0.25, 0.3) is 0 Å². The fourth-order valence-electron chi connectivity index (χ4n) is 4.49. The number of methoxy groups -OCH3 is 1. The van der Waals surface area contributed by atoms with Gasteiger partial charge < -0.3 is 15.0 Å². The molecule has 0 radical (unpaired) electrons. The number of benzene rings is 2. The summed E-state index contributed by atoms with van der Waals surface area (Å²) in [6, 6.07) is 10.6. The zero-order valence-electron chi connectivity index (χ0n) is 18.4. The maximum absolute atomic E-state index is 13.5. The van der Waals surface area contributed by atoms with E-state index < -0.39 is 31.0 Å². The molecule has 1 fully saturated rings. The van der Waals surface area contributed by atoms with Gasteiger partial charge in [-0.15, -0.1) is 0 Å². The van der Waals surface area contributed by atoms with Crippen LogP contribution < -0.4 is 10.1 Å². The molecule has 32 heavy (non-hydrogen) atoms. The summed E-state index contributed by atoms with van der Waals surface area (Å²) in [5, 5.41) is 3.31. The minimum Gasteiger partial charge on any atom is -0.496 e. The molecule has 2 aromatic carbocycles. The molecule has 2 atom stereocenters. The number of sulfone groups is 2. The van der Waals surface area contributed by atoms with Crippen LogP contribution in [0.5, 0.6) is 5.75 Å². The second kappa shape index (κ2) is 8.53. The lowest BCUT2D eigenvalue weighted by atomic mass is 10.1. The van der Waals surface area contributed by atoms with E-state index in [1.165, 1.54) is 7.11 Å². The predicted molar refractivity (Wildman–Crippen MR) is 126 cm³/mol. The van der Waals surface area contributed by atoms with Crippen molar-refractivity contribution in [1.29, 1.82) is 0 Å². The van der Waals surface area contributed by atoms with Crippen LogP contribution in [0.4, 0.5) is 0 Å². The second-order valence-electron chi connectivity index (χ2n) is 8.42. The van der Waals surface area contributed by atoms with Gasteiger partial charge in [0.05, 0.1) is 28.8 Å². The molecule has 0 saturated carbocycles. The lowest BCUT2D eigenvalue weighted by Gasteiger charge is -2.21. The van der Waals surface area contributed by atoms with Crippen molar-refractivity contribution in [3.05, 3.63) is 59.3 Å². The molecule has 3 aromatic rings. The third-order valence-electron chi connectivity index (χ3n) is 6.17. The highest BCUT2D eigenvalue weighted by Gasteiger charge is 2.46. The SMILES string of the molecule is COc1cc(C)c(S(=O)(=O)[C@H]2CS(=O)(=O)C[C@@H]2NCCc2c[nH]c3ccccc23)cc1C. The van der Waals surface area contributed by atoms with Crippen LogP contribution in [-0.2, 0) is 26.1 Å². The first-order valence-corrected chi connectivity index (χ1v) is 13.9. The summed E-state index contributed by atoms with van der Waals surface area (Å²) in [5.74, 6) is 0.0534. The lowest BCUT2D eigenvalue weighted by molar-refractivity contribution is 0.411. The van der Waals surface area contributed by atoms with E-state index in [4.69, 9.17) is 4.74 Å². The number of nitrogens with one attached hydrogen (secondary N) is 2. The van der Waals surface area contributed by atoms with Gasteiger partial charge in [-0.05, 0) is 61.7 Å². The van der Waals surface area contributed by atoms with Crippen LogP contribution in [-0.4, -0.2) is 58.3 Å². The van der Waals surface area contributed by atoms with Gasteiger partial charge >= 0.3 is 0 Å². The van der Waals surface area contributed by atoms with Crippen LogP contribution in [0.15, 0.2) is 47.5 Å². The number of rotatable bonds is 7. The van der Waals surface area contributed by atoms with Crippen molar-refractivity contribution in [2.75, 3.05) is 25.2 Å². The summed E-state index contributed by atoms with van der Waals surface area (Å²) in [5.41, 5.74) is 3.39. The van der Waals surface area contributed by atoms with E-state index in [-0.39, 0.29) is 16.4 Å². The fraction of sp³-hybridized carbons (Fsp3) is 0.391. The summed E-state index contributed by atoms with van der Waals surface area (Å²) in [6.07, 6.45) is 2.60. The molecule has 1 aliphatic heterocycles. The molecule has 1 saturated heterocycles. The molecule has 2 heterocycles. The highest BCUT2D eigenvalue weighted by Crippen LogP contribution is 2.31. The number of fused-ring (bicyclic) bond motifs is 1. The highest BCUT2D eigenvalue weighted by molar-refractivity contribution is 7.96. The first-order valence-electron chi connectivity index (χ1n) is 10.5. The molecule has 1 aromatic heterocycles. The molecule has 7 nitrogen and oxygen atoms in total. The molecule has 172 valence electrons. The number of aryl methyl sites for hydroxylation is 2. The number of H-pyrrole nitrogens is 1. The van der Waals surface area contributed by atoms with Gasteiger partial charge in [-0.2, -0.15) is 0 Å². The Kier molecular flexibility index (Phi) is 6.08. The number of aromatic amines is 1. The average Bonchev–Trinajstić information content (AvgIpc) is 3.30. The van der Waals surface area contributed by atoms with Crippen molar-refractivity contribution in [2.45, 2.75) is 36.5 Å². The molecule has 9 heteroatoms. The Morgan fingerprint density at radius 1 is 1.12 bits per heavy atom. The van der Waals surface area contributed by atoms with Gasteiger partial charge in [-0.25, -0.2) is 16.8 Å². The predicted octanol–water partition coefficient (Wildman–Crippen LogP) is 2.56. The molecule has 0 bridgehead atoms. The number of hydrogen-bond donors (Lipinski definition) is 2. The van der Waals surface area contributed by atoms with Gasteiger partial charge in [0, 0.05) is 23.1 Å². The first-order chi connectivity index (χ1) is 15.1. The van der Waals surface area contributed by atoms with Crippen molar-refractivity contribution in [1.82, 2.24) is 10.3 Å². The molecule has 1 aliphatic rings. The number of ether oxygens (including phenoxy) is 1. The normalized spacial score (nSPS) is 20.6. The minimum atomic E-state index is -3.86.